The van der Waals surface area contributed by atoms with E-state index in [0.717, 1.165) is 35.5 Å². The van der Waals surface area contributed by atoms with Gasteiger partial charge in [0.15, 0.2) is 0 Å². The van der Waals surface area contributed by atoms with Crippen molar-refractivity contribution in [2.45, 2.75) is 82.3 Å². The number of amides is 1. The molecule has 2 aliphatic rings. The summed E-state index contributed by atoms with van der Waals surface area (Å²) in [6, 6.07) is 8.38. The molecule has 0 bridgehead atoms. The summed E-state index contributed by atoms with van der Waals surface area (Å²) in [4.78, 5) is 17.5. The Morgan fingerprint density at radius 1 is 1.24 bits per heavy atom. The number of piperidine rings is 1. The molecule has 3 aromatic rings. The largest absolute Gasteiger partial charge is 0.424 e. The standard InChI is InChI=1S/C25H30N4O3S/c1-3-4-8-19-21(17-7-5-6-16(11-17)15-9-10-15)23(30)22(24(31)27-19)25-29-28-20(32-25)12-18-13-33-14(2)26-18/h5-7,11,13,15,19,21-23,30H,3-4,8-10,12H2,1-2H3,(H,27,31). The molecule has 2 fully saturated rings. The molecular formula is C25H30N4O3S. The minimum atomic E-state index is -0.940. The predicted molar refractivity (Wildman–Crippen MR) is 125 cm³/mol. The van der Waals surface area contributed by atoms with Gasteiger partial charge in [-0.3, -0.25) is 4.79 Å². The van der Waals surface area contributed by atoms with Gasteiger partial charge in [0.1, 0.15) is 5.92 Å². The van der Waals surface area contributed by atoms with Gasteiger partial charge in [0.05, 0.1) is 23.2 Å². The molecule has 4 unspecified atom stereocenters. The number of thiazole rings is 1. The second kappa shape index (κ2) is 9.35. The third-order valence-corrected chi connectivity index (χ3v) is 7.54. The molecule has 2 N–H and O–H groups in total. The van der Waals surface area contributed by atoms with Crippen LogP contribution in [0.1, 0.15) is 90.4 Å². The number of aryl methyl sites for hydroxylation is 1. The van der Waals surface area contributed by atoms with Gasteiger partial charge in [0.2, 0.25) is 17.7 Å². The Morgan fingerprint density at radius 3 is 2.79 bits per heavy atom. The topological polar surface area (TPSA) is 101 Å². The number of nitrogens with one attached hydrogen (secondary N) is 1. The van der Waals surface area contributed by atoms with Crippen LogP contribution >= 0.6 is 11.3 Å². The van der Waals surface area contributed by atoms with Gasteiger partial charge in [-0.25, -0.2) is 4.98 Å². The Bertz CT molecular complexity index is 1120. The normalized spacial score (nSPS) is 25.2. The summed E-state index contributed by atoms with van der Waals surface area (Å²) >= 11 is 1.57. The van der Waals surface area contributed by atoms with E-state index in [1.807, 2.05) is 12.3 Å². The lowest BCUT2D eigenvalue weighted by Crippen LogP contribution is -2.54. The van der Waals surface area contributed by atoms with Gasteiger partial charge in [-0.15, -0.1) is 21.5 Å². The molecule has 1 aliphatic heterocycles. The van der Waals surface area contributed by atoms with E-state index in [4.69, 9.17) is 4.42 Å². The number of aliphatic hydroxyl groups excluding tert-OH is 1. The number of nitrogens with zero attached hydrogens (tertiary/aromatic N) is 3. The molecule has 1 aliphatic carbocycles. The van der Waals surface area contributed by atoms with E-state index in [9.17, 15) is 9.90 Å². The van der Waals surface area contributed by atoms with Crippen LogP contribution in [0.15, 0.2) is 34.1 Å². The molecule has 33 heavy (non-hydrogen) atoms. The Morgan fingerprint density at radius 2 is 2.06 bits per heavy atom. The third-order valence-electron chi connectivity index (χ3n) is 6.71. The smallest absolute Gasteiger partial charge is 0.235 e. The lowest BCUT2D eigenvalue weighted by Gasteiger charge is -2.40. The average molecular weight is 467 g/mol. The summed E-state index contributed by atoms with van der Waals surface area (Å²) in [6.45, 7) is 4.08. The van der Waals surface area contributed by atoms with Gasteiger partial charge < -0.3 is 14.8 Å². The van der Waals surface area contributed by atoms with Crippen LogP contribution in [0.25, 0.3) is 0 Å². The predicted octanol–water partition coefficient (Wildman–Crippen LogP) is 4.22. The lowest BCUT2D eigenvalue weighted by molar-refractivity contribution is -0.131. The van der Waals surface area contributed by atoms with Gasteiger partial charge in [0, 0.05) is 17.3 Å². The number of benzene rings is 1. The van der Waals surface area contributed by atoms with Crippen LogP contribution in [0.3, 0.4) is 0 Å². The van der Waals surface area contributed by atoms with Gasteiger partial charge in [-0.05, 0) is 43.2 Å². The zero-order chi connectivity index (χ0) is 22.9. The van der Waals surface area contributed by atoms with Gasteiger partial charge >= 0.3 is 0 Å². The number of carbonyl (C=O) groups excluding carboxylic acids is 1. The maximum atomic E-state index is 13.1. The Labute approximate surface area is 197 Å². The Kier molecular flexibility index (Phi) is 6.29. The number of aromatic nitrogens is 3. The van der Waals surface area contributed by atoms with Gasteiger partial charge in [0.25, 0.3) is 0 Å². The van der Waals surface area contributed by atoms with Crippen LogP contribution in [-0.2, 0) is 11.2 Å². The first-order valence-corrected chi connectivity index (χ1v) is 12.7. The van der Waals surface area contributed by atoms with Crippen LogP contribution in [0.5, 0.6) is 0 Å². The fraction of sp³-hybridized carbons (Fsp3) is 0.520. The maximum Gasteiger partial charge on any atom is 0.235 e. The van der Waals surface area contributed by atoms with Gasteiger partial charge in [-0.1, -0.05) is 44.0 Å². The molecule has 0 radical (unpaired) electrons. The van der Waals surface area contributed by atoms with Crippen molar-refractivity contribution in [1.29, 1.82) is 0 Å². The first-order valence-electron chi connectivity index (χ1n) is 11.8. The molecule has 1 saturated carbocycles. The number of rotatable bonds is 8. The van der Waals surface area contributed by atoms with Crippen LogP contribution < -0.4 is 5.32 Å². The molecule has 3 heterocycles. The second-order valence-corrected chi connectivity index (χ2v) is 10.3. The highest BCUT2D eigenvalue weighted by Crippen LogP contribution is 2.43. The Hall–Kier alpha value is -2.58. The summed E-state index contributed by atoms with van der Waals surface area (Å²) in [7, 11) is 0. The van der Waals surface area contributed by atoms with Crippen molar-refractivity contribution in [3.63, 3.8) is 0 Å². The fourth-order valence-electron chi connectivity index (χ4n) is 4.87. The van der Waals surface area contributed by atoms with E-state index in [-0.39, 0.29) is 23.8 Å². The summed E-state index contributed by atoms with van der Waals surface area (Å²) in [5.74, 6) is -0.184. The van der Waals surface area contributed by atoms with E-state index in [1.165, 1.54) is 18.4 Å². The van der Waals surface area contributed by atoms with Crippen LogP contribution in [-0.4, -0.2) is 38.3 Å². The molecule has 4 atom stereocenters. The van der Waals surface area contributed by atoms with E-state index < -0.39 is 12.0 Å². The highest BCUT2D eigenvalue weighted by Gasteiger charge is 2.47. The SMILES string of the molecule is CCCCC1NC(=O)C(c2nnc(Cc3csc(C)n3)o2)C(O)C1c1cccc(C2CC2)c1. The highest BCUT2D eigenvalue weighted by atomic mass is 32.1. The number of hydrogen-bond acceptors (Lipinski definition) is 7. The Balaban J connectivity index is 1.42. The third kappa shape index (κ3) is 4.73. The first-order chi connectivity index (χ1) is 16.0. The maximum absolute atomic E-state index is 13.1. The zero-order valence-corrected chi connectivity index (χ0v) is 19.8. The minimum Gasteiger partial charge on any atom is -0.424 e. The molecule has 1 saturated heterocycles. The summed E-state index contributed by atoms with van der Waals surface area (Å²) < 4.78 is 5.87. The summed E-state index contributed by atoms with van der Waals surface area (Å²) in [5.41, 5.74) is 3.24. The van der Waals surface area contributed by atoms with E-state index >= 15 is 0 Å². The molecule has 1 amide bonds. The summed E-state index contributed by atoms with van der Waals surface area (Å²) in [6.07, 6.45) is 4.75. The van der Waals surface area contributed by atoms with E-state index in [2.05, 4.69) is 51.7 Å². The molecule has 174 valence electrons. The quantitative estimate of drug-likeness (QED) is 0.515. The number of carbonyl (C=O) groups is 1. The second-order valence-electron chi connectivity index (χ2n) is 9.26. The zero-order valence-electron chi connectivity index (χ0n) is 19.0. The van der Waals surface area contributed by atoms with Gasteiger partial charge in [-0.2, -0.15) is 0 Å². The number of hydrogen-bond donors (Lipinski definition) is 2. The molecule has 8 heteroatoms. The van der Waals surface area contributed by atoms with Crippen LogP contribution in [0.4, 0.5) is 0 Å². The van der Waals surface area contributed by atoms with Crippen molar-refractivity contribution < 1.29 is 14.3 Å². The van der Waals surface area contributed by atoms with Crippen LogP contribution in [0.2, 0.25) is 0 Å². The first kappa shape index (κ1) is 22.2. The fourth-order valence-corrected chi connectivity index (χ4v) is 5.48. The van der Waals surface area contributed by atoms with Crippen molar-refractivity contribution in [1.82, 2.24) is 20.5 Å². The molecule has 5 rings (SSSR count). The monoisotopic (exact) mass is 466 g/mol. The average Bonchev–Trinajstić information content (AvgIpc) is 3.43. The van der Waals surface area contributed by atoms with Crippen molar-refractivity contribution in [3.8, 4) is 0 Å². The minimum absolute atomic E-state index is 0.126. The van der Waals surface area contributed by atoms with E-state index in [0.29, 0.717) is 18.2 Å². The number of aliphatic hydroxyl groups is 1. The van der Waals surface area contributed by atoms with E-state index in [1.54, 1.807) is 11.3 Å². The molecule has 0 spiro atoms. The van der Waals surface area contributed by atoms with Crippen molar-refractivity contribution in [2.75, 3.05) is 0 Å². The molecule has 2 aromatic heterocycles. The van der Waals surface area contributed by atoms with Crippen molar-refractivity contribution >= 4 is 17.2 Å². The molecule has 7 nitrogen and oxygen atoms in total. The van der Waals surface area contributed by atoms with Crippen LogP contribution in [0, 0.1) is 6.92 Å². The lowest BCUT2D eigenvalue weighted by atomic mass is 9.75. The molecular weight excluding hydrogens is 436 g/mol. The molecule has 1 aromatic carbocycles. The number of unbranched alkanes of at least 4 members (excludes halogenated alkanes) is 1. The summed E-state index contributed by atoms with van der Waals surface area (Å²) in [5, 5.41) is 25.9. The van der Waals surface area contributed by atoms with Crippen molar-refractivity contribution in [3.05, 3.63) is 63.3 Å². The highest BCUT2D eigenvalue weighted by molar-refractivity contribution is 7.09. The van der Waals surface area contributed by atoms with Crippen molar-refractivity contribution in [2.24, 2.45) is 0 Å².